The number of aromatic nitrogens is 2. The first-order valence-corrected chi connectivity index (χ1v) is 9.41. The molecule has 1 aliphatic rings. The maximum atomic E-state index is 14.9. The smallest absolute Gasteiger partial charge is 0.383 e. The molecular formula is C19H21F5N7O+. The molecule has 3 rings (SSSR count). The number of rotatable bonds is 4. The van der Waals surface area contributed by atoms with Crippen LogP contribution >= 0.6 is 0 Å². The van der Waals surface area contributed by atoms with Crippen LogP contribution in [-0.2, 0) is 6.18 Å². The first-order chi connectivity index (χ1) is 14.9. The molecule has 0 bridgehead atoms. The molecule has 1 fully saturated rings. The van der Waals surface area contributed by atoms with Gasteiger partial charge in [-0.1, -0.05) is 0 Å². The van der Waals surface area contributed by atoms with E-state index in [9.17, 15) is 26.7 Å². The summed E-state index contributed by atoms with van der Waals surface area (Å²) in [7, 11) is 1.16. The number of amides is 2. The maximum absolute atomic E-state index is 14.9. The van der Waals surface area contributed by atoms with E-state index in [-0.39, 0.29) is 24.5 Å². The molecule has 0 radical (unpaired) electrons. The van der Waals surface area contributed by atoms with Crippen LogP contribution in [0.5, 0.6) is 0 Å². The Morgan fingerprint density at radius 3 is 2.69 bits per heavy atom. The number of hydrogen-bond acceptors (Lipinski definition) is 5. The van der Waals surface area contributed by atoms with Crippen LogP contribution in [-0.4, -0.2) is 59.2 Å². The average molecular weight is 458 g/mol. The van der Waals surface area contributed by atoms with Crippen molar-refractivity contribution in [2.24, 2.45) is 0 Å². The molecule has 0 aromatic carbocycles. The Kier molecular flexibility index (Phi) is 6.19. The van der Waals surface area contributed by atoms with Crippen LogP contribution in [0.25, 0.3) is 0 Å². The van der Waals surface area contributed by atoms with Crippen LogP contribution in [0, 0.1) is 0 Å². The number of nitrogens with zero attached hydrogens (tertiary/aromatic N) is 4. The fraction of sp³-hybridized carbons (Fsp3) is 0.368. The summed E-state index contributed by atoms with van der Waals surface area (Å²) in [5.74, 6) is -3.15. The predicted molar refractivity (Wildman–Crippen MR) is 107 cm³/mol. The number of piperidine rings is 1. The van der Waals surface area contributed by atoms with Gasteiger partial charge in [0.1, 0.15) is 11.9 Å². The van der Waals surface area contributed by atoms with E-state index in [4.69, 9.17) is 11.1 Å². The summed E-state index contributed by atoms with van der Waals surface area (Å²) in [6, 6.07) is -0.228. The van der Waals surface area contributed by atoms with E-state index < -0.39 is 36.3 Å². The molecule has 0 saturated carbocycles. The van der Waals surface area contributed by atoms with Crippen molar-refractivity contribution in [2.45, 2.75) is 24.6 Å². The largest absolute Gasteiger partial charge is 0.417 e. The standard InChI is InChI=1S/C19H20F5N7O/c1-30(17(32)29-13-5-12(7-27-8-13)19(22,23)24)15-2-3-31(10-18(15,20)21)14-4-11(6-25)16(26)28-9-14/h4-9,15,25H,2-3,10H2,1H3,(H2,26,28)(H,29,32)/p+1. The number of nitrogen functional groups attached to an aromatic ring is 1. The van der Waals surface area contributed by atoms with Gasteiger partial charge < -0.3 is 20.9 Å². The number of alkyl halides is 5. The SMILES string of the molecule is CN(C(=O)Nc1cncc(C(F)(F)F)c1)C1CCN(c2cnc(N)c(C=[NH2+])c2)CC1(F)F. The number of pyridine rings is 2. The molecule has 5 N–H and O–H groups in total. The Morgan fingerprint density at radius 1 is 1.34 bits per heavy atom. The van der Waals surface area contributed by atoms with Crippen LogP contribution in [0.1, 0.15) is 17.5 Å². The third kappa shape index (κ3) is 4.86. The van der Waals surface area contributed by atoms with Gasteiger partial charge in [0, 0.05) is 19.8 Å². The summed E-state index contributed by atoms with van der Waals surface area (Å²) in [5.41, 5.74) is 5.15. The molecule has 1 unspecified atom stereocenters. The zero-order valence-electron chi connectivity index (χ0n) is 16.9. The van der Waals surface area contributed by atoms with Crippen molar-refractivity contribution < 1.29 is 32.2 Å². The lowest BCUT2D eigenvalue weighted by Crippen LogP contribution is -2.59. The van der Waals surface area contributed by atoms with Crippen LogP contribution in [0.4, 0.5) is 43.9 Å². The third-order valence-corrected chi connectivity index (χ3v) is 5.15. The minimum absolute atomic E-state index is 0.0934. The van der Waals surface area contributed by atoms with Gasteiger partial charge >= 0.3 is 12.2 Å². The van der Waals surface area contributed by atoms with E-state index in [0.717, 1.165) is 18.1 Å². The number of anilines is 3. The zero-order chi connectivity index (χ0) is 23.7. The summed E-state index contributed by atoms with van der Waals surface area (Å²) in [5, 5.41) is 7.65. The second kappa shape index (κ2) is 8.55. The molecule has 0 aliphatic carbocycles. The highest BCUT2D eigenvalue weighted by Gasteiger charge is 2.48. The topological polar surface area (TPSA) is 113 Å². The number of carbonyl (C=O) groups is 1. The van der Waals surface area contributed by atoms with Gasteiger partial charge in [-0.2, -0.15) is 13.2 Å². The Morgan fingerprint density at radius 2 is 2.06 bits per heavy atom. The molecule has 2 aromatic rings. The molecule has 8 nitrogen and oxygen atoms in total. The Bertz CT molecular complexity index is 1010. The monoisotopic (exact) mass is 458 g/mol. The lowest BCUT2D eigenvalue weighted by molar-refractivity contribution is -0.137. The van der Waals surface area contributed by atoms with Crippen molar-refractivity contribution in [2.75, 3.05) is 36.1 Å². The van der Waals surface area contributed by atoms with E-state index in [1.54, 1.807) is 0 Å². The Hall–Kier alpha value is -3.51. The minimum atomic E-state index is -4.65. The molecule has 172 valence electrons. The molecule has 2 amide bonds. The fourth-order valence-corrected chi connectivity index (χ4v) is 3.43. The van der Waals surface area contributed by atoms with Gasteiger partial charge in [-0.25, -0.2) is 18.6 Å². The Labute approximate surface area is 179 Å². The molecule has 3 heterocycles. The van der Waals surface area contributed by atoms with Gasteiger partial charge in [0.05, 0.1) is 41.4 Å². The number of nitrogens with two attached hydrogens (primary N) is 2. The highest BCUT2D eigenvalue weighted by atomic mass is 19.4. The van der Waals surface area contributed by atoms with Crippen LogP contribution in [0.2, 0.25) is 0 Å². The summed E-state index contributed by atoms with van der Waals surface area (Å²) in [6.45, 7) is -0.519. The number of halogens is 5. The van der Waals surface area contributed by atoms with E-state index in [2.05, 4.69) is 15.3 Å². The molecule has 1 saturated heterocycles. The molecular weight excluding hydrogens is 437 g/mol. The number of hydrogen-bond donors (Lipinski definition) is 3. The van der Waals surface area contributed by atoms with Gasteiger partial charge in [-0.3, -0.25) is 10.4 Å². The normalized spacial score (nSPS) is 18.2. The van der Waals surface area contributed by atoms with Crippen molar-refractivity contribution in [3.8, 4) is 0 Å². The predicted octanol–water partition coefficient (Wildman–Crippen LogP) is 1.63. The second-order valence-corrected chi connectivity index (χ2v) is 7.32. The third-order valence-electron chi connectivity index (χ3n) is 5.15. The van der Waals surface area contributed by atoms with Gasteiger partial charge in [0.25, 0.3) is 5.92 Å². The van der Waals surface area contributed by atoms with Gasteiger partial charge in [-0.15, -0.1) is 0 Å². The number of carbonyl (C=O) groups excluding carboxylic acids is 1. The second-order valence-electron chi connectivity index (χ2n) is 7.32. The molecule has 1 aliphatic heterocycles. The van der Waals surface area contributed by atoms with E-state index in [0.29, 0.717) is 23.5 Å². The molecule has 32 heavy (non-hydrogen) atoms. The maximum Gasteiger partial charge on any atom is 0.417 e. The van der Waals surface area contributed by atoms with Crippen molar-refractivity contribution in [3.63, 3.8) is 0 Å². The first-order valence-electron chi connectivity index (χ1n) is 9.41. The van der Waals surface area contributed by atoms with Crippen molar-refractivity contribution in [1.82, 2.24) is 14.9 Å². The van der Waals surface area contributed by atoms with Crippen LogP contribution < -0.4 is 21.4 Å². The Balaban J connectivity index is 1.71. The average Bonchev–Trinajstić information content (AvgIpc) is 2.72. The van der Waals surface area contributed by atoms with Gasteiger partial charge in [0.2, 0.25) is 0 Å². The van der Waals surface area contributed by atoms with Crippen LogP contribution in [0.15, 0.2) is 30.7 Å². The molecule has 1 atom stereocenters. The summed E-state index contributed by atoms with van der Waals surface area (Å²) in [4.78, 5) is 22.0. The molecule has 0 spiro atoms. The summed E-state index contributed by atoms with van der Waals surface area (Å²) < 4.78 is 68.3. The quantitative estimate of drug-likeness (QED) is 0.476. The van der Waals surface area contributed by atoms with Crippen LogP contribution in [0.3, 0.4) is 0 Å². The highest BCUT2D eigenvalue weighted by Crippen LogP contribution is 2.34. The van der Waals surface area contributed by atoms with E-state index in [1.165, 1.54) is 23.4 Å². The van der Waals surface area contributed by atoms with E-state index in [1.807, 2.05) is 0 Å². The lowest BCUT2D eigenvalue weighted by atomic mass is 9.99. The first kappa shape index (κ1) is 23.2. The lowest BCUT2D eigenvalue weighted by Gasteiger charge is -2.42. The number of urea groups is 1. The number of nitrogens with one attached hydrogen (secondary N) is 1. The fourth-order valence-electron chi connectivity index (χ4n) is 3.43. The van der Waals surface area contributed by atoms with E-state index >= 15 is 0 Å². The highest BCUT2D eigenvalue weighted by molar-refractivity contribution is 5.89. The molecule has 2 aromatic heterocycles. The van der Waals surface area contributed by atoms with Crippen molar-refractivity contribution >= 4 is 29.4 Å². The molecule has 13 heteroatoms. The minimum Gasteiger partial charge on any atom is -0.383 e. The van der Waals surface area contributed by atoms with Gasteiger partial charge in [0.15, 0.2) is 6.21 Å². The van der Waals surface area contributed by atoms with Crippen molar-refractivity contribution in [3.05, 3.63) is 41.9 Å². The zero-order valence-corrected chi connectivity index (χ0v) is 16.9. The summed E-state index contributed by atoms with van der Waals surface area (Å²) in [6.07, 6.45) is -0.569. The summed E-state index contributed by atoms with van der Waals surface area (Å²) >= 11 is 0. The van der Waals surface area contributed by atoms with Crippen molar-refractivity contribution in [1.29, 1.82) is 0 Å². The van der Waals surface area contributed by atoms with Gasteiger partial charge in [-0.05, 0) is 18.6 Å².